The molecule has 154 valence electrons. The first-order valence-electron chi connectivity index (χ1n) is 9.96. The lowest BCUT2D eigenvalue weighted by atomic mass is 9.86. The number of aromatic nitrogens is 1. The van der Waals surface area contributed by atoms with Gasteiger partial charge in [0.1, 0.15) is 17.7 Å². The first-order chi connectivity index (χ1) is 13.0. The molecule has 0 spiro atoms. The maximum Gasteiger partial charge on any atom is 0.412 e. The third-order valence-corrected chi connectivity index (χ3v) is 5.41. The summed E-state index contributed by atoms with van der Waals surface area (Å²) >= 11 is 1.21. The topological polar surface area (TPSA) is 92.7 Å². The van der Waals surface area contributed by atoms with Crippen molar-refractivity contribution in [3.63, 3.8) is 0 Å². The summed E-state index contributed by atoms with van der Waals surface area (Å²) in [6.45, 7) is 5.09. The SMILES string of the molecule is CC(C)NCC(O)COc1ncc(NC(=O)OCCCC2CCCCC2)s1. The second-order valence-corrected chi connectivity index (χ2v) is 8.42. The standard InChI is InChI=1S/C19H33N3O4S/c1-14(2)20-11-16(23)13-26-19-21-12-17(27-19)22-18(24)25-10-6-9-15-7-4-3-5-8-15/h12,14-16,20,23H,3-11,13H2,1-2H3,(H,22,24). The minimum Gasteiger partial charge on any atom is -0.467 e. The summed E-state index contributed by atoms with van der Waals surface area (Å²) < 4.78 is 10.7. The fraction of sp³-hybridized carbons (Fsp3) is 0.789. The Hall–Kier alpha value is -1.38. The van der Waals surface area contributed by atoms with Crippen molar-refractivity contribution in [2.24, 2.45) is 5.92 Å². The van der Waals surface area contributed by atoms with Crippen molar-refractivity contribution in [1.82, 2.24) is 10.3 Å². The van der Waals surface area contributed by atoms with Gasteiger partial charge in [-0.3, -0.25) is 5.32 Å². The molecule has 1 aliphatic rings. The van der Waals surface area contributed by atoms with Gasteiger partial charge in [0.25, 0.3) is 5.19 Å². The summed E-state index contributed by atoms with van der Waals surface area (Å²) in [5, 5.41) is 16.6. The minimum absolute atomic E-state index is 0.151. The Kier molecular flexibility index (Phi) is 9.86. The van der Waals surface area contributed by atoms with Gasteiger partial charge in [0.15, 0.2) is 0 Å². The van der Waals surface area contributed by atoms with Gasteiger partial charge in [0.05, 0.1) is 12.8 Å². The van der Waals surface area contributed by atoms with E-state index in [2.05, 4.69) is 15.6 Å². The van der Waals surface area contributed by atoms with Gasteiger partial charge in [-0.25, -0.2) is 9.78 Å². The van der Waals surface area contributed by atoms with Gasteiger partial charge in [-0.15, -0.1) is 0 Å². The summed E-state index contributed by atoms with van der Waals surface area (Å²) in [6, 6.07) is 0.309. The van der Waals surface area contributed by atoms with Crippen molar-refractivity contribution in [3.05, 3.63) is 6.20 Å². The Bertz CT molecular complexity index is 547. The van der Waals surface area contributed by atoms with Gasteiger partial charge in [0, 0.05) is 12.6 Å². The van der Waals surface area contributed by atoms with Crippen molar-refractivity contribution in [2.45, 2.75) is 70.9 Å². The van der Waals surface area contributed by atoms with Gasteiger partial charge in [0.2, 0.25) is 0 Å². The van der Waals surface area contributed by atoms with E-state index in [4.69, 9.17) is 9.47 Å². The van der Waals surface area contributed by atoms with E-state index >= 15 is 0 Å². The molecule has 2 rings (SSSR count). The van der Waals surface area contributed by atoms with Crippen molar-refractivity contribution in [1.29, 1.82) is 0 Å². The molecule has 1 amide bonds. The van der Waals surface area contributed by atoms with E-state index in [1.165, 1.54) is 49.6 Å². The second-order valence-electron chi connectivity index (χ2n) is 7.43. The quantitative estimate of drug-likeness (QED) is 0.490. The summed E-state index contributed by atoms with van der Waals surface area (Å²) in [6.07, 6.45) is 9.19. The zero-order valence-corrected chi connectivity index (χ0v) is 17.2. The predicted octanol–water partition coefficient (Wildman–Crippen LogP) is 3.79. The van der Waals surface area contributed by atoms with Gasteiger partial charge in [-0.05, 0) is 18.8 Å². The summed E-state index contributed by atoms with van der Waals surface area (Å²) in [5.74, 6) is 0.803. The Labute approximate surface area is 165 Å². The number of aliphatic hydroxyl groups is 1. The number of amides is 1. The highest BCUT2D eigenvalue weighted by atomic mass is 32.1. The van der Waals surface area contributed by atoms with E-state index in [0.717, 1.165) is 18.8 Å². The third kappa shape index (κ3) is 9.39. The normalized spacial score (nSPS) is 16.3. The number of nitrogens with zero attached hydrogens (tertiary/aromatic N) is 1. The molecular formula is C19H33N3O4S. The predicted molar refractivity (Wildman–Crippen MR) is 108 cm³/mol. The summed E-state index contributed by atoms with van der Waals surface area (Å²) in [5.41, 5.74) is 0. The second kappa shape index (κ2) is 12.2. The molecular weight excluding hydrogens is 366 g/mol. The fourth-order valence-corrected chi connectivity index (χ4v) is 3.79. The van der Waals surface area contributed by atoms with E-state index in [1.54, 1.807) is 0 Å². The van der Waals surface area contributed by atoms with Crippen LogP contribution in [-0.4, -0.2) is 48.1 Å². The molecule has 1 heterocycles. The average molecular weight is 400 g/mol. The number of hydrogen-bond donors (Lipinski definition) is 3. The van der Waals surface area contributed by atoms with Crippen molar-refractivity contribution in [2.75, 3.05) is 25.1 Å². The van der Waals surface area contributed by atoms with Crippen LogP contribution in [0.15, 0.2) is 6.20 Å². The Morgan fingerprint density at radius 1 is 1.37 bits per heavy atom. The number of ether oxygens (including phenoxy) is 2. The number of carbonyl (C=O) groups is 1. The Morgan fingerprint density at radius 2 is 2.15 bits per heavy atom. The number of hydrogen-bond acceptors (Lipinski definition) is 7. The number of thiazole rings is 1. The highest BCUT2D eigenvalue weighted by Gasteiger charge is 2.14. The van der Waals surface area contributed by atoms with Crippen LogP contribution in [0.4, 0.5) is 9.80 Å². The molecule has 7 nitrogen and oxygen atoms in total. The van der Waals surface area contributed by atoms with Crippen LogP contribution in [0.2, 0.25) is 0 Å². The monoisotopic (exact) mass is 399 g/mol. The zero-order valence-electron chi connectivity index (χ0n) is 16.4. The first-order valence-corrected chi connectivity index (χ1v) is 10.8. The highest BCUT2D eigenvalue weighted by molar-refractivity contribution is 7.17. The largest absolute Gasteiger partial charge is 0.467 e. The lowest BCUT2D eigenvalue weighted by Gasteiger charge is -2.21. The van der Waals surface area contributed by atoms with Crippen LogP contribution < -0.4 is 15.4 Å². The van der Waals surface area contributed by atoms with Crippen LogP contribution in [0.5, 0.6) is 5.19 Å². The molecule has 1 fully saturated rings. The van der Waals surface area contributed by atoms with Crippen LogP contribution in [0, 0.1) is 5.92 Å². The molecule has 1 unspecified atom stereocenters. The zero-order chi connectivity index (χ0) is 19.5. The Morgan fingerprint density at radius 3 is 2.89 bits per heavy atom. The lowest BCUT2D eigenvalue weighted by molar-refractivity contribution is 0.104. The molecule has 0 aromatic carbocycles. The molecule has 8 heteroatoms. The molecule has 0 radical (unpaired) electrons. The highest BCUT2D eigenvalue weighted by Crippen LogP contribution is 2.27. The van der Waals surface area contributed by atoms with Crippen molar-refractivity contribution >= 4 is 22.4 Å². The van der Waals surface area contributed by atoms with E-state index in [-0.39, 0.29) is 6.61 Å². The molecule has 27 heavy (non-hydrogen) atoms. The number of rotatable bonds is 11. The van der Waals surface area contributed by atoms with E-state index in [1.807, 2.05) is 13.8 Å². The van der Waals surface area contributed by atoms with E-state index in [9.17, 15) is 9.90 Å². The van der Waals surface area contributed by atoms with Gasteiger partial charge < -0.3 is 19.9 Å². The summed E-state index contributed by atoms with van der Waals surface area (Å²) in [7, 11) is 0. The maximum atomic E-state index is 11.8. The van der Waals surface area contributed by atoms with Crippen LogP contribution in [0.1, 0.15) is 58.8 Å². The third-order valence-electron chi connectivity index (χ3n) is 4.59. The molecule has 3 N–H and O–H groups in total. The number of aliphatic hydroxyl groups excluding tert-OH is 1. The minimum atomic E-state index is -0.609. The number of carbonyl (C=O) groups excluding carboxylic acids is 1. The van der Waals surface area contributed by atoms with Crippen LogP contribution >= 0.6 is 11.3 Å². The van der Waals surface area contributed by atoms with Gasteiger partial charge in [-0.1, -0.05) is 57.3 Å². The van der Waals surface area contributed by atoms with Crippen LogP contribution in [0.3, 0.4) is 0 Å². The molecule has 1 aliphatic carbocycles. The molecule has 1 aromatic heterocycles. The van der Waals surface area contributed by atoms with Crippen molar-refractivity contribution < 1.29 is 19.4 Å². The Balaban J connectivity index is 1.57. The molecule has 0 saturated heterocycles. The van der Waals surface area contributed by atoms with Crippen LogP contribution in [-0.2, 0) is 4.74 Å². The smallest absolute Gasteiger partial charge is 0.412 e. The molecule has 1 saturated carbocycles. The van der Waals surface area contributed by atoms with E-state index in [0.29, 0.717) is 29.4 Å². The number of nitrogens with one attached hydrogen (secondary N) is 2. The fourth-order valence-electron chi connectivity index (χ4n) is 3.13. The molecule has 0 bridgehead atoms. The van der Waals surface area contributed by atoms with E-state index < -0.39 is 12.2 Å². The summed E-state index contributed by atoms with van der Waals surface area (Å²) in [4.78, 5) is 15.9. The first kappa shape index (κ1) is 21.9. The van der Waals surface area contributed by atoms with Crippen molar-refractivity contribution in [3.8, 4) is 5.19 Å². The molecule has 0 aliphatic heterocycles. The molecule has 1 atom stereocenters. The lowest BCUT2D eigenvalue weighted by Crippen LogP contribution is -2.35. The average Bonchev–Trinajstić information content (AvgIpc) is 3.10. The van der Waals surface area contributed by atoms with Gasteiger partial charge >= 0.3 is 6.09 Å². The van der Waals surface area contributed by atoms with Crippen LogP contribution in [0.25, 0.3) is 0 Å². The maximum absolute atomic E-state index is 11.8. The van der Waals surface area contributed by atoms with Gasteiger partial charge in [-0.2, -0.15) is 0 Å². The number of anilines is 1. The molecule has 1 aromatic rings.